The Balaban J connectivity index is 1.91. The van der Waals surface area contributed by atoms with E-state index in [1.807, 2.05) is 0 Å². The Hall–Kier alpha value is -3.83. The van der Waals surface area contributed by atoms with Crippen molar-refractivity contribution in [2.75, 3.05) is 0 Å². The molecule has 12 heteroatoms. The topological polar surface area (TPSA) is 89.0 Å². The van der Waals surface area contributed by atoms with Crippen LogP contribution in [0.5, 0.6) is 17.4 Å². The first-order valence-electron chi connectivity index (χ1n) is 10.1. The van der Waals surface area contributed by atoms with Gasteiger partial charge in [-0.1, -0.05) is 0 Å². The first kappa shape index (κ1) is 22.4. The van der Waals surface area contributed by atoms with Gasteiger partial charge in [-0.15, -0.1) is 0 Å². The Morgan fingerprint density at radius 1 is 1.21 bits per heavy atom. The van der Waals surface area contributed by atoms with Gasteiger partial charge in [0.1, 0.15) is 17.8 Å². The van der Waals surface area contributed by atoms with Crippen molar-refractivity contribution in [3.63, 3.8) is 0 Å². The number of aryl methyl sites for hydroxylation is 3. The highest BCUT2D eigenvalue weighted by atomic mass is 19.4. The second-order valence-electron chi connectivity index (χ2n) is 7.43. The Morgan fingerprint density at radius 3 is 2.58 bits per heavy atom. The van der Waals surface area contributed by atoms with E-state index >= 15 is 0 Å². The molecule has 0 radical (unpaired) electrons. The van der Waals surface area contributed by atoms with Crippen LogP contribution in [0.1, 0.15) is 19.5 Å². The highest BCUT2D eigenvalue weighted by Crippen LogP contribution is 2.39. The van der Waals surface area contributed by atoms with E-state index in [-0.39, 0.29) is 22.7 Å². The van der Waals surface area contributed by atoms with Crippen LogP contribution in [0.4, 0.5) is 13.2 Å². The van der Waals surface area contributed by atoms with Crippen LogP contribution in [-0.2, 0) is 13.6 Å². The van der Waals surface area contributed by atoms with Crippen LogP contribution in [0.3, 0.4) is 0 Å². The predicted molar refractivity (Wildman–Crippen MR) is 113 cm³/mol. The lowest BCUT2D eigenvalue weighted by molar-refractivity contribution is -0.189. The molecule has 1 unspecified atom stereocenters. The predicted octanol–water partition coefficient (Wildman–Crippen LogP) is 3.77. The summed E-state index contributed by atoms with van der Waals surface area (Å²) in [6.07, 6.45) is -2.28. The van der Waals surface area contributed by atoms with Gasteiger partial charge in [-0.05, 0) is 38.3 Å². The van der Waals surface area contributed by atoms with Crippen LogP contribution < -0.4 is 15.2 Å². The van der Waals surface area contributed by atoms with Crippen LogP contribution in [0.2, 0.25) is 0 Å². The zero-order valence-electron chi connectivity index (χ0n) is 18.3. The quantitative estimate of drug-likeness (QED) is 0.434. The van der Waals surface area contributed by atoms with E-state index in [4.69, 9.17) is 9.47 Å². The second kappa shape index (κ2) is 8.26. The zero-order valence-corrected chi connectivity index (χ0v) is 18.3. The average molecular weight is 462 g/mol. The Kier molecular flexibility index (Phi) is 5.60. The molecule has 0 bridgehead atoms. The molecular formula is C21H21F3N6O3. The lowest BCUT2D eigenvalue weighted by Gasteiger charge is -2.20. The van der Waals surface area contributed by atoms with Crippen molar-refractivity contribution in [1.82, 2.24) is 29.1 Å². The number of ether oxygens (including phenoxy) is 2. The molecule has 0 aliphatic rings. The number of aromatic nitrogens is 6. The minimum atomic E-state index is -4.61. The summed E-state index contributed by atoms with van der Waals surface area (Å²) >= 11 is 0. The van der Waals surface area contributed by atoms with Gasteiger partial charge in [0.05, 0.1) is 17.3 Å². The van der Waals surface area contributed by atoms with E-state index < -0.39 is 18.0 Å². The average Bonchev–Trinajstić information content (AvgIpc) is 3.27. The summed E-state index contributed by atoms with van der Waals surface area (Å²) in [5.41, 5.74) is 0.401. The van der Waals surface area contributed by atoms with Gasteiger partial charge in [0, 0.05) is 25.9 Å². The first-order valence-corrected chi connectivity index (χ1v) is 10.1. The number of pyridine rings is 1. The van der Waals surface area contributed by atoms with E-state index in [0.29, 0.717) is 23.4 Å². The van der Waals surface area contributed by atoms with Crippen molar-refractivity contribution >= 4 is 10.8 Å². The Labute approximate surface area is 186 Å². The van der Waals surface area contributed by atoms with Crippen molar-refractivity contribution in [2.45, 2.75) is 39.6 Å². The third-order valence-electron chi connectivity index (χ3n) is 5.04. The molecule has 3 aromatic heterocycles. The normalized spacial score (nSPS) is 12.8. The number of hydrogen-bond acceptors (Lipinski definition) is 6. The van der Waals surface area contributed by atoms with E-state index in [0.717, 1.165) is 11.6 Å². The molecule has 9 nitrogen and oxygen atoms in total. The number of rotatable bonds is 6. The van der Waals surface area contributed by atoms with Crippen LogP contribution in [0, 0.1) is 6.92 Å². The molecule has 1 aromatic carbocycles. The van der Waals surface area contributed by atoms with Crippen LogP contribution >= 0.6 is 0 Å². The van der Waals surface area contributed by atoms with Gasteiger partial charge in [-0.2, -0.15) is 28.1 Å². The zero-order chi connectivity index (χ0) is 23.9. The molecule has 4 aromatic rings. The van der Waals surface area contributed by atoms with Crippen molar-refractivity contribution in [3.05, 3.63) is 53.1 Å². The van der Waals surface area contributed by atoms with E-state index in [2.05, 4.69) is 15.2 Å². The summed E-state index contributed by atoms with van der Waals surface area (Å²) in [6, 6.07) is 4.53. The molecule has 174 valence electrons. The maximum atomic E-state index is 13.3. The Bertz CT molecular complexity index is 1370. The third kappa shape index (κ3) is 4.28. The standard InChI is InChI=1S/C21H21F3N6O3/c1-5-29-11-26-30(20(29)31)15-8-14-6-7-25-19(33-17-10-28(4)27-12(17)2)18(14)16(9-15)32-13(3)21(22,23)24/h6-11,13H,5H2,1-4H3. The van der Waals surface area contributed by atoms with Crippen LogP contribution in [-0.4, -0.2) is 41.4 Å². The third-order valence-corrected chi connectivity index (χ3v) is 5.04. The van der Waals surface area contributed by atoms with Gasteiger partial charge in [-0.25, -0.2) is 9.78 Å². The van der Waals surface area contributed by atoms with E-state index in [1.165, 1.54) is 23.2 Å². The van der Waals surface area contributed by atoms with Crippen LogP contribution in [0.25, 0.3) is 16.5 Å². The highest BCUT2D eigenvalue weighted by Gasteiger charge is 2.38. The SMILES string of the molecule is CCn1cnn(-c2cc(OC(C)C(F)(F)F)c3c(Oc4cn(C)nc4C)nccc3c2)c1=O. The molecule has 33 heavy (non-hydrogen) atoms. The van der Waals surface area contributed by atoms with Gasteiger partial charge < -0.3 is 9.47 Å². The number of alkyl halides is 3. The van der Waals surface area contributed by atoms with Gasteiger partial charge >= 0.3 is 11.9 Å². The highest BCUT2D eigenvalue weighted by molar-refractivity contribution is 5.94. The molecule has 0 spiro atoms. The van der Waals surface area contributed by atoms with E-state index in [9.17, 15) is 18.0 Å². The monoisotopic (exact) mass is 462 g/mol. The molecule has 0 N–H and O–H groups in total. The molecule has 0 aliphatic carbocycles. The van der Waals surface area contributed by atoms with Gasteiger partial charge in [0.2, 0.25) is 5.88 Å². The van der Waals surface area contributed by atoms with Crippen LogP contribution in [0.15, 0.2) is 41.7 Å². The smallest absolute Gasteiger partial charge is 0.425 e. The number of benzene rings is 1. The van der Waals surface area contributed by atoms with Crippen molar-refractivity contribution in [2.24, 2.45) is 7.05 Å². The minimum Gasteiger partial charge on any atom is -0.480 e. The van der Waals surface area contributed by atoms with Gasteiger partial charge in [0.15, 0.2) is 11.9 Å². The van der Waals surface area contributed by atoms with E-state index in [1.54, 1.807) is 43.9 Å². The lowest BCUT2D eigenvalue weighted by Crippen LogP contribution is -2.31. The van der Waals surface area contributed by atoms with Crippen molar-refractivity contribution in [1.29, 1.82) is 0 Å². The molecule has 0 saturated heterocycles. The Morgan fingerprint density at radius 2 is 1.97 bits per heavy atom. The molecule has 0 aliphatic heterocycles. The molecule has 0 fully saturated rings. The fourth-order valence-corrected chi connectivity index (χ4v) is 3.29. The van der Waals surface area contributed by atoms with Gasteiger partial charge in [0.25, 0.3) is 0 Å². The lowest BCUT2D eigenvalue weighted by atomic mass is 10.1. The van der Waals surface area contributed by atoms with Crippen molar-refractivity contribution in [3.8, 4) is 23.1 Å². The summed E-state index contributed by atoms with van der Waals surface area (Å²) < 4.78 is 55.2. The fraction of sp³-hybridized carbons (Fsp3) is 0.333. The maximum Gasteiger partial charge on any atom is 0.425 e. The number of nitrogens with zero attached hydrogens (tertiary/aromatic N) is 6. The molecular weight excluding hydrogens is 441 g/mol. The maximum absolute atomic E-state index is 13.3. The number of fused-ring (bicyclic) bond motifs is 1. The molecule has 1 atom stereocenters. The summed E-state index contributed by atoms with van der Waals surface area (Å²) in [4.78, 5) is 16.8. The largest absolute Gasteiger partial charge is 0.480 e. The molecule has 4 rings (SSSR count). The van der Waals surface area contributed by atoms with Gasteiger partial charge in [-0.3, -0.25) is 9.25 Å². The summed E-state index contributed by atoms with van der Waals surface area (Å²) in [6.45, 7) is 4.81. The molecule has 0 amide bonds. The second-order valence-corrected chi connectivity index (χ2v) is 7.43. The number of halogens is 3. The summed E-state index contributed by atoms with van der Waals surface area (Å²) in [5.74, 6) is 0.301. The molecule has 3 heterocycles. The van der Waals surface area contributed by atoms with Crippen molar-refractivity contribution < 1.29 is 22.6 Å². The molecule has 0 saturated carbocycles. The summed E-state index contributed by atoms with van der Waals surface area (Å²) in [5, 5.41) is 8.95. The first-order chi connectivity index (χ1) is 15.6. The summed E-state index contributed by atoms with van der Waals surface area (Å²) in [7, 11) is 1.72. The number of hydrogen-bond donors (Lipinski definition) is 0. The minimum absolute atomic E-state index is 0.0472. The fourth-order valence-electron chi connectivity index (χ4n) is 3.29.